The molecular weight excluding hydrogens is 1010 g/mol. The van der Waals surface area contributed by atoms with Crippen LogP contribution in [0.25, 0.3) is 0 Å². The van der Waals surface area contributed by atoms with Crippen LogP contribution in [0.1, 0.15) is 297 Å². The number of phosphoric ester groups is 1. The lowest BCUT2D eigenvalue weighted by molar-refractivity contribution is -0.870. The minimum atomic E-state index is -4.71. The molecule has 0 aromatic carbocycles. The predicted octanol–water partition coefficient (Wildman–Crippen LogP) is 20.3. The molecule has 1 N–H and O–H groups in total. The van der Waals surface area contributed by atoms with Gasteiger partial charge in [0.2, 0.25) is 5.91 Å². The van der Waals surface area contributed by atoms with Gasteiger partial charge in [-0.25, -0.2) is 0 Å². The third-order valence-corrected chi connectivity index (χ3v) is 15.5. The first-order valence-electron chi connectivity index (χ1n) is 33.4. The maximum Gasteiger partial charge on any atom is 0.306 e. The predicted molar refractivity (Wildman–Crippen MR) is 344 cm³/mol. The van der Waals surface area contributed by atoms with Crippen molar-refractivity contribution in [2.24, 2.45) is 0 Å². The molecule has 9 nitrogen and oxygen atoms in total. The number of esters is 1. The highest BCUT2D eigenvalue weighted by Gasteiger charge is 2.27. The molecule has 0 fully saturated rings. The Balaban J connectivity index is 5.19. The van der Waals surface area contributed by atoms with Crippen molar-refractivity contribution in [1.29, 1.82) is 0 Å². The standard InChI is InChI=1S/C70H127N2O7P/c1-7-10-13-16-19-22-25-28-30-32-34-35-36-37-39-41-43-45-48-51-54-57-60-63-70(74)79-68(61-58-55-52-49-46-27-24-21-18-15-12-9-3)67(66-78-80(75,76)77-65-64-72(4,5)6)71-69(73)62-59-56-53-50-47-44-42-40-38-33-31-29-26-23-20-17-14-11-8-2/h11,14,20,23,28-31,38,40,44,47,58,61,67-68H,7-10,12-13,15-19,21-22,24-27,32-37,39,41-43,45-46,48-57,59-60,62-66H2,1-6H3,(H-,71,73,75,76)/b14-11-,23-20-,30-28+,31-29-,40-38-,47-44-,61-58+. The van der Waals surface area contributed by atoms with Crippen molar-refractivity contribution in [1.82, 2.24) is 5.32 Å². The Morgan fingerprint density at radius 1 is 0.450 bits per heavy atom. The zero-order valence-electron chi connectivity index (χ0n) is 53.0. The van der Waals surface area contributed by atoms with Gasteiger partial charge in [0, 0.05) is 12.8 Å². The first kappa shape index (κ1) is 77.2. The van der Waals surface area contributed by atoms with Crippen LogP contribution < -0.4 is 10.2 Å². The quantitative estimate of drug-likeness (QED) is 0.0212. The zero-order chi connectivity index (χ0) is 58.6. The monoisotopic (exact) mass is 1140 g/mol. The molecule has 0 rings (SSSR count). The number of carbonyl (C=O) groups is 2. The molecule has 0 aromatic rings. The smallest absolute Gasteiger partial charge is 0.306 e. The second kappa shape index (κ2) is 59.4. The van der Waals surface area contributed by atoms with Crippen LogP contribution in [-0.2, 0) is 27.9 Å². The van der Waals surface area contributed by atoms with Gasteiger partial charge in [-0.2, -0.15) is 0 Å². The Bertz CT molecular complexity index is 1640. The number of phosphoric acid groups is 1. The van der Waals surface area contributed by atoms with Crippen LogP contribution in [-0.4, -0.2) is 69.4 Å². The number of allylic oxidation sites excluding steroid dienone is 13. The van der Waals surface area contributed by atoms with E-state index in [2.05, 4.69) is 99.0 Å². The number of quaternary nitrogens is 1. The molecule has 3 unspecified atom stereocenters. The number of rotatable bonds is 60. The lowest BCUT2D eigenvalue weighted by Crippen LogP contribution is -2.47. The summed E-state index contributed by atoms with van der Waals surface area (Å²) in [6, 6.07) is -0.909. The first-order chi connectivity index (χ1) is 38.9. The van der Waals surface area contributed by atoms with Gasteiger partial charge in [-0.3, -0.25) is 14.2 Å². The van der Waals surface area contributed by atoms with E-state index in [0.29, 0.717) is 17.4 Å². The SMILES string of the molecule is CC/C=C\C/C=C\C/C=C\C/C=C\C/C=C\CCCCCC(=O)NC(COP(=O)([O-])OCC[N+](C)(C)C)C(/C=C/CCCCCCCCCCCC)OC(=O)CCCCCCCCCCCCCCC/C=C/CCCCCCCC. The number of hydrogen-bond donors (Lipinski definition) is 1. The summed E-state index contributed by atoms with van der Waals surface area (Å²) in [7, 11) is 1.16. The van der Waals surface area contributed by atoms with Crippen LogP contribution >= 0.6 is 7.82 Å². The maximum absolute atomic E-state index is 13.5. The van der Waals surface area contributed by atoms with Crippen LogP contribution in [0.15, 0.2) is 85.1 Å². The highest BCUT2D eigenvalue weighted by atomic mass is 31.2. The van der Waals surface area contributed by atoms with Crippen LogP contribution in [0, 0.1) is 0 Å². The van der Waals surface area contributed by atoms with Gasteiger partial charge in [-0.15, -0.1) is 0 Å². The Kier molecular flexibility index (Phi) is 57.3. The van der Waals surface area contributed by atoms with Gasteiger partial charge in [0.05, 0.1) is 33.8 Å². The molecule has 0 saturated carbocycles. The van der Waals surface area contributed by atoms with Crippen LogP contribution in [0.2, 0.25) is 0 Å². The van der Waals surface area contributed by atoms with E-state index < -0.39 is 26.6 Å². The second-order valence-electron chi connectivity index (χ2n) is 23.6. The van der Waals surface area contributed by atoms with Crippen LogP contribution in [0.4, 0.5) is 0 Å². The van der Waals surface area contributed by atoms with Crippen molar-refractivity contribution in [3.63, 3.8) is 0 Å². The van der Waals surface area contributed by atoms with E-state index in [1.54, 1.807) is 0 Å². The van der Waals surface area contributed by atoms with Crippen molar-refractivity contribution in [2.45, 2.75) is 309 Å². The largest absolute Gasteiger partial charge is 0.756 e. The minimum Gasteiger partial charge on any atom is -0.756 e. The van der Waals surface area contributed by atoms with Crippen molar-refractivity contribution in [3.05, 3.63) is 85.1 Å². The van der Waals surface area contributed by atoms with Gasteiger partial charge in [0.1, 0.15) is 19.3 Å². The maximum atomic E-state index is 13.5. The molecule has 1 amide bonds. The summed E-state index contributed by atoms with van der Waals surface area (Å²) in [6.45, 7) is 6.72. The van der Waals surface area contributed by atoms with E-state index in [9.17, 15) is 19.0 Å². The fourth-order valence-electron chi connectivity index (χ4n) is 9.43. The van der Waals surface area contributed by atoms with Gasteiger partial charge in [0.15, 0.2) is 0 Å². The minimum absolute atomic E-state index is 0.0316. The summed E-state index contributed by atoms with van der Waals surface area (Å²) in [5.74, 6) is -0.575. The average molecular weight is 1140 g/mol. The molecule has 0 aromatic heterocycles. The molecule has 0 heterocycles. The van der Waals surface area contributed by atoms with E-state index in [-0.39, 0.29) is 31.3 Å². The fraction of sp³-hybridized carbons (Fsp3) is 0.771. The van der Waals surface area contributed by atoms with E-state index >= 15 is 0 Å². The number of carbonyl (C=O) groups excluding carboxylic acids is 2. The lowest BCUT2D eigenvalue weighted by Gasteiger charge is -2.30. The molecule has 0 aliphatic heterocycles. The zero-order valence-corrected chi connectivity index (χ0v) is 53.9. The number of hydrogen-bond acceptors (Lipinski definition) is 7. The van der Waals surface area contributed by atoms with Crippen molar-refractivity contribution < 1.29 is 37.3 Å². The summed E-state index contributed by atoms with van der Waals surface area (Å²) in [5.41, 5.74) is 0. The number of ether oxygens (including phenoxy) is 1. The van der Waals surface area contributed by atoms with E-state index in [4.69, 9.17) is 13.8 Å². The number of nitrogens with zero attached hydrogens (tertiary/aromatic N) is 1. The molecular formula is C70H127N2O7P. The Hall–Kier alpha value is -2.81. The number of likely N-dealkylation sites (N-methyl/N-ethyl adjacent to an activating group) is 1. The third-order valence-electron chi connectivity index (χ3n) is 14.6. The van der Waals surface area contributed by atoms with E-state index in [1.165, 1.54) is 167 Å². The summed E-state index contributed by atoms with van der Waals surface area (Å²) in [6.07, 6.45) is 78.5. The molecule has 0 bridgehead atoms. The number of nitrogens with one attached hydrogen (secondary N) is 1. The Labute approximate surface area is 495 Å². The lowest BCUT2D eigenvalue weighted by atomic mass is 10.0. The molecule has 80 heavy (non-hydrogen) atoms. The topological polar surface area (TPSA) is 114 Å². The number of amides is 1. The van der Waals surface area contributed by atoms with E-state index in [1.807, 2.05) is 33.3 Å². The summed E-state index contributed by atoms with van der Waals surface area (Å²) in [4.78, 5) is 40.1. The number of unbranched alkanes of at least 4 members (excludes halogenated alkanes) is 32. The molecule has 0 radical (unpaired) electrons. The van der Waals surface area contributed by atoms with Crippen molar-refractivity contribution >= 4 is 19.7 Å². The second-order valence-corrected chi connectivity index (χ2v) is 25.0. The summed E-state index contributed by atoms with van der Waals surface area (Å²) in [5, 5.41) is 3.02. The first-order valence-corrected chi connectivity index (χ1v) is 34.9. The highest BCUT2D eigenvalue weighted by molar-refractivity contribution is 7.45. The summed E-state index contributed by atoms with van der Waals surface area (Å²) >= 11 is 0. The van der Waals surface area contributed by atoms with Gasteiger partial charge in [-0.05, 0) is 102 Å². The third kappa shape index (κ3) is 59.8. The normalized spacial score (nSPS) is 14.1. The Morgan fingerprint density at radius 2 is 0.800 bits per heavy atom. The molecule has 10 heteroatoms. The van der Waals surface area contributed by atoms with Crippen LogP contribution in [0.3, 0.4) is 0 Å². The fourth-order valence-corrected chi connectivity index (χ4v) is 10.1. The van der Waals surface area contributed by atoms with Crippen molar-refractivity contribution in [2.75, 3.05) is 40.9 Å². The van der Waals surface area contributed by atoms with Gasteiger partial charge in [0.25, 0.3) is 7.82 Å². The van der Waals surface area contributed by atoms with Crippen LogP contribution in [0.5, 0.6) is 0 Å². The Morgan fingerprint density at radius 3 is 1.23 bits per heavy atom. The van der Waals surface area contributed by atoms with Gasteiger partial charge in [-0.1, -0.05) is 267 Å². The molecule has 3 atom stereocenters. The molecule has 0 saturated heterocycles. The van der Waals surface area contributed by atoms with E-state index in [0.717, 1.165) is 89.9 Å². The van der Waals surface area contributed by atoms with Gasteiger partial charge >= 0.3 is 5.97 Å². The van der Waals surface area contributed by atoms with Gasteiger partial charge < -0.3 is 28.5 Å². The molecule has 0 aliphatic carbocycles. The molecule has 464 valence electrons. The summed E-state index contributed by atoms with van der Waals surface area (Å²) < 4.78 is 30.4. The molecule has 0 aliphatic rings. The average Bonchev–Trinajstić information content (AvgIpc) is 3.42. The molecule has 0 spiro atoms. The highest BCUT2D eigenvalue weighted by Crippen LogP contribution is 2.38. The van der Waals surface area contributed by atoms with Crippen molar-refractivity contribution in [3.8, 4) is 0 Å².